The molecule has 0 bridgehead atoms. The zero-order chi connectivity index (χ0) is 17.7. The van der Waals surface area contributed by atoms with E-state index in [1.165, 1.54) is 35.7 Å². The molecule has 3 aliphatic heterocycles. The Morgan fingerprint density at radius 1 is 1.20 bits per heavy atom. The molecule has 3 fully saturated rings. The van der Waals surface area contributed by atoms with E-state index < -0.39 is 15.8 Å². The fourth-order valence-corrected chi connectivity index (χ4v) is 6.14. The van der Waals surface area contributed by atoms with Crippen molar-refractivity contribution in [3.63, 3.8) is 0 Å². The Balaban J connectivity index is 1.44. The quantitative estimate of drug-likeness (QED) is 0.820. The number of rotatable bonds is 3. The number of hydrogen-bond acceptors (Lipinski definition) is 4. The van der Waals surface area contributed by atoms with Crippen LogP contribution in [-0.4, -0.2) is 62.1 Å². The van der Waals surface area contributed by atoms with E-state index in [2.05, 4.69) is 4.90 Å². The maximum Gasteiger partial charge on any atom is 0.243 e. The SMILES string of the molecule is Cc1ccc(F)cc1S(=O)(=O)N1CC2(CC(N3CCCCC3)CO2)C1. The van der Waals surface area contributed by atoms with Gasteiger partial charge in [0.2, 0.25) is 10.0 Å². The summed E-state index contributed by atoms with van der Waals surface area (Å²) in [6.07, 6.45) is 4.67. The van der Waals surface area contributed by atoms with Crippen LogP contribution in [0.4, 0.5) is 4.39 Å². The highest BCUT2D eigenvalue weighted by atomic mass is 32.2. The van der Waals surface area contributed by atoms with Gasteiger partial charge >= 0.3 is 0 Å². The van der Waals surface area contributed by atoms with Gasteiger partial charge in [0.25, 0.3) is 0 Å². The molecule has 1 unspecified atom stereocenters. The first-order chi connectivity index (χ1) is 11.9. The summed E-state index contributed by atoms with van der Waals surface area (Å²) in [6.45, 7) is 5.36. The van der Waals surface area contributed by atoms with Crippen LogP contribution in [0.15, 0.2) is 23.1 Å². The van der Waals surface area contributed by atoms with E-state index >= 15 is 0 Å². The van der Waals surface area contributed by atoms with Gasteiger partial charge in [0.1, 0.15) is 5.82 Å². The predicted molar refractivity (Wildman–Crippen MR) is 92.4 cm³/mol. The second-order valence-corrected chi connectivity index (χ2v) is 9.54. The Kier molecular flexibility index (Phi) is 4.38. The fourth-order valence-electron chi connectivity index (χ4n) is 4.32. The van der Waals surface area contributed by atoms with Crippen molar-refractivity contribution in [3.05, 3.63) is 29.6 Å². The number of sulfonamides is 1. The summed E-state index contributed by atoms with van der Waals surface area (Å²) in [7, 11) is -3.66. The minimum Gasteiger partial charge on any atom is -0.371 e. The van der Waals surface area contributed by atoms with Gasteiger partial charge in [-0.25, -0.2) is 12.8 Å². The lowest BCUT2D eigenvalue weighted by Gasteiger charge is -2.46. The van der Waals surface area contributed by atoms with Crippen LogP contribution in [0.3, 0.4) is 0 Å². The molecule has 1 atom stereocenters. The molecule has 1 spiro atoms. The van der Waals surface area contributed by atoms with Crippen LogP contribution in [0.2, 0.25) is 0 Å². The number of ether oxygens (including phenoxy) is 1. The highest BCUT2D eigenvalue weighted by Crippen LogP contribution is 2.40. The summed E-state index contributed by atoms with van der Waals surface area (Å²) >= 11 is 0. The van der Waals surface area contributed by atoms with Gasteiger partial charge in [0.15, 0.2) is 0 Å². The molecule has 5 nitrogen and oxygen atoms in total. The Hall–Kier alpha value is -1.02. The zero-order valence-corrected chi connectivity index (χ0v) is 15.4. The van der Waals surface area contributed by atoms with Crippen LogP contribution in [0.1, 0.15) is 31.2 Å². The number of piperidine rings is 1. The normalized spacial score (nSPS) is 27.5. The lowest BCUT2D eigenvalue weighted by atomic mass is 9.91. The van der Waals surface area contributed by atoms with E-state index in [-0.39, 0.29) is 10.5 Å². The smallest absolute Gasteiger partial charge is 0.243 e. The number of benzene rings is 1. The lowest BCUT2D eigenvalue weighted by Crippen LogP contribution is -2.63. The fraction of sp³-hybridized carbons (Fsp3) is 0.667. The monoisotopic (exact) mass is 368 g/mol. The lowest BCUT2D eigenvalue weighted by molar-refractivity contribution is -0.0774. The summed E-state index contributed by atoms with van der Waals surface area (Å²) < 4.78 is 46.6. The van der Waals surface area contributed by atoms with Crippen molar-refractivity contribution in [1.82, 2.24) is 9.21 Å². The topological polar surface area (TPSA) is 49.9 Å². The Morgan fingerprint density at radius 2 is 1.92 bits per heavy atom. The van der Waals surface area contributed by atoms with Crippen molar-refractivity contribution in [1.29, 1.82) is 0 Å². The van der Waals surface area contributed by atoms with E-state index in [1.807, 2.05) is 0 Å². The van der Waals surface area contributed by atoms with Gasteiger partial charge in [-0.1, -0.05) is 12.5 Å². The average molecular weight is 368 g/mol. The molecule has 3 aliphatic rings. The molecule has 25 heavy (non-hydrogen) atoms. The van der Waals surface area contributed by atoms with Gasteiger partial charge in [-0.15, -0.1) is 0 Å². The Morgan fingerprint density at radius 3 is 2.64 bits per heavy atom. The molecule has 1 aromatic rings. The van der Waals surface area contributed by atoms with Gasteiger partial charge in [0.05, 0.1) is 17.1 Å². The van der Waals surface area contributed by atoms with Crippen LogP contribution in [0, 0.1) is 12.7 Å². The first kappa shape index (κ1) is 17.4. The molecule has 0 N–H and O–H groups in total. The van der Waals surface area contributed by atoms with Gasteiger partial charge in [-0.05, 0) is 57.0 Å². The summed E-state index contributed by atoms with van der Waals surface area (Å²) in [5.74, 6) is -0.526. The molecule has 0 radical (unpaired) electrons. The second kappa shape index (κ2) is 6.30. The molecular formula is C18H25FN2O3S. The summed E-state index contributed by atoms with van der Waals surface area (Å²) in [6, 6.07) is 4.31. The number of halogens is 1. The third-order valence-corrected chi connectivity index (χ3v) is 7.73. The van der Waals surface area contributed by atoms with Crippen LogP contribution in [0.5, 0.6) is 0 Å². The van der Waals surface area contributed by atoms with Crippen molar-refractivity contribution < 1.29 is 17.5 Å². The number of hydrogen-bond donors (Lipinski definition) is 0. The van der Waals surface area contributed by atoms with E-state index in [1.54, 1.807) is 6.92 Å². The van der Waals surface area contributed by atoms with E-state index in [9.17, 15) is 12.8 Å². The van der Waals surface area contributed by atoms with E-state index in [0.717, 1.165) is 25.6 Å². The molecule has 0 saturated carbocycles. The average Bonchev–Trinajstić information content (AvgIpc) is 3.02. The molecule has 0 amide bonds. The van der Waals surface area contributed by atoms with Crippen LogP contribution >= 0.6 is 0 Å². The van der Waals surface area contributed by atoms with Crippen molar-refractivity contribution in [3.8, 4) is 0 Å². The minimum absolute atomic E-state index is 0.0629. The largest absolute Gasteiger partial charge is 0.371 e. The van der Waals surface area contributed by atoms with Crippen molar-refractivity contribution in [2.24, 2.45) is 0 Å². The first-order valence-electron chi connectivity index (χ1n) is 9.04. The van der Waals surface area contributed by atoms with Crippen LogP contribution < -0.4 is 0 Å². The van der Waals surface area contributed by atoms with Crippen LogP contribution in [-0.2, 0) is 14.8 Å². The standard InChI is InChI=1S/C18H25FN2O3S/c1-14-5-6-15(19)9-17(14)25(22,23)21-12-18(13-21)10-16(11-24-18)20-7-3-2-4-8-20/h5-6,9,16H,2-4,7-8,10-13H2,1H3. The summed E-state index contributed by atoms with van der Waals surface area (Å²) in [5, 5.41) is 0. The maximum absolute atomic E-state index is 13.5. The minimum atomic E-state index is -3.66. The second-order valence-electron chi connectivity index (χ2n) is 7.63. The third kappa shape index (κ3) is 3.12. The molecular weight excluding hydrogens is 343 g/mol. The third-order valence-electron chi connectivity index (χ3n) is 5.79. The Labute approximate surface area is 148 Å². The first-order valence-corrected chi connectivity index (χ1v) is 10.5. The predicted octanol–water partition coefficient (Wildman–Crippen LogP) is 2.15. The summed E-state index contributed by atoms with van der Waals surface area (Å²) in [4.78, 5) is 2.56. The Bertz CT molecular complexity index is 756. The highest BCUT2D eigenvalue weighted by Gasteiger charge is 2.54. The molecule has 0 aliphatic carbocycles. The van der Waals surface area contributed by atoms with E-state index in [4.69, 9.17) is 4.74 Å². The van der Waals surface area contributed by atoms with Gasteiger partial charge in [-0.3, -0.25) is 4.90 Å². The highest BCUT2D eigenvalue weighted by molar-refractivity contribution is 7.89. The van der Waals surface area contributed by atoms with Gasteiger partial charge in [-0.2, -0.15) is 4.31 Å². The van der Waals surface area contributed by atoms with Gasteiger partial charge in [0, 0.05) is 19.1 Å². The number of aryl methyl sites for hydroxylation is 1. The summed E-state index contributed by atoms with van der Waals surface area (Å²) in [5.41, 5.74) is 0.219. The molecule has 3 heterocycles. The maximum atomic E-state index is 13.5. The molecule has 4 rings (SSSR count). The van der Waals surface area contributed by atoms with Crippen LogP contribution in [0.25, 0.3) is 0 Å². The van der Waals surface area contributed by atoms with Crippen molar-refractivity contribution in [2.75, 3.05) is 32.8 Å². The van der Waals surface area contributed by atoms with Crippen molar-refractivity contribution in [2.45, 2.75) is 49.1 Å². The van der Waals surface area contributed by atoms with Gasteiger partial charge < -0.3 is 4.74 Å². The molecule has 1 aromatic carbocycles. The molecule has 0 aromatic heterocycles. The zero-order valence-electron chi connectivity index (χ0n) is 14.6. The molecule has 138 valence electrons. The number of likely N-dealkylation sites (tertiary alicyclic amines) is 1. The molecule has 3 saturated heterocycles. The van der Waals surface area contributed by atoms with E-state index in [0.29, 0.717) is 31.3 Å². The molecule has 7 heteroatoms. The number of nitrogens with zero attached hydrogens (tertiary/aromatic N) is 2. The van der Waals surface area contributed by atoms with Crippen molar-refractivity contribution >= 4 is 10.0 Å².